The van der Waals surface area contributed by atoms with Crippen molar-refractivity contribution >= 4 is 0 Å². The van der Waals surface area contributed by atoms with Gasteiger partial charge in [0.05, 0.1) is 6.20 Å². The Morgan fingerprint density at radius 2 is 1.80 bits per heavy atom. The van der Waals surface area contributed by atoms with Crippen molar-refractivity contribution < 1.29 is 5.11 Å². The van der Waals surface area contributed by atoms with E-state index in [1.165, 1.54) is 17.8 Å². The normalized spacial score (nSPS) is 10.2. The summed E-state index contributed by atoms with van der Waals surface area (Å²) in [6.45, 7) is 2.01. The van der Waals surface area contributed by atoms with Crippen molar-refractivity contribution in [3.63, 3.8) is 0 Å². The van der Waals surface area contributed by atoms with Crippen molar-refractivity contribution in [2.45, 2.75) is 6.92 Å². The molecule has 2 aromatic rings. The first-order valence-electron chi connectivity index (χ1n) is 4.65. The molecule has 0 fully saturated rings. The monoisotopic (exact) mass is 201 g/mol. The molecule has 0 spiro atoms. The van der Waals surface area contributed by atoms with Crippen LogP contribution in [0.4, 0.5) is 0 Å². The van der Waals surface area contributed by atoms with Crippen LogP contribution in [0.25, 0.3) is 5.69 Å². The average molecular weight is 201 g/mol. The summed E-state index contributed by atoms with van der Waals surface area (Å²) in [5, 5.41) is 9.28. The zero-order valence-corrected chi connectivity index (χ0v) is 8.34. The first-order valence-corrected chi connectivity index (χ1v) is 4.65. The molecule has 0 unspecified atom stereocenters. The fourth-order valence-corrected chi connectivity index (χ4v) is 1.35. The predicted molar refractivity (Wildman–Crippen MR) is 58.4 cm³/mol. The van der Waals surface area contributed by atoms with Gasteiger partial charge in [-0.25, -0.2) is 0 Å². The van der Waals surface area contributed by atoms with Gasteiger partial charge in [-0.05, 0) is 19.1 Å². The first-order chi connectivity index (χ1) is 7.16. The maximum absolute atomic E-state index is 11.0. The number of hydrogen-bond donors (Lipinski definition) is 1. The second-order valence-electron chi connectivity index (χ2n) is 3.44. The van der Waals surface area contributed by atoms with E-state index in [4.69, 9.17) is 0 Å². The molecule has 0 amide bonds. The molecule has 76 valence electrons. The smallest absolute Gasteiger partial charge is 0.223 e. The van der Waals surface area contributed by atoms with Crippen LogP contribution in [-0.4, -0.2) is 9.67 Å². The molecular formula is C12H11NO2. The summed E-state index contributed by atoms with van der Waals surface area (Å²) in [4.78, 5) is 11.0. The van der Waals surface area contributed by atoms with Gasteiger partial charge in [0, 0.05) is 18.0 Å². The van der Waals surface area contributed by atoms with E-state index in [0.29, 0.717) is 0 Å². The Morgan fingerprint density at radius 1 is 1.13 bits per heavy atom. The van der Waals surface area contributed by atoms with Gasteiger partial charge in [-0.1, -0.05) is 17.7 Å². The van der Waals surface area contributed by atoms with Gasteiger partial charge in [0.1, 0.15) is 0 Å². The lowest BCUT2D eigenvalue weighted by Crippen LogP contribution is -2.03. The molecule has 1 N–H and O–H groups in total. The molecule has 3 nitrogen and oxygen atoms in total. The van der Waals surface area contributed by atoms with Gasteiger partial charge in [0.15, 0.2) is 5.75 Å². The van der Waals surface area contributed by atoms with Crippen LogP contribution in [0.3, 0.4) is 0 Å². The Bertz CT molecular complexity index is 526. The SMILES string of the molecule is Cc1ccc(-n2ccc(=O)c(O)c2)cc1. The van der Waals surface area contributed by atoms with Crippen LogP contribution in [0.5, 0.6) is 5.75 Å². The maximum atomic E-state index is 11.0. The highest BCUT2D eigenvalue weighted by molar-refractivity contribution is 5.36. The molecule has 1 aromatic carbocycles. The summed E-state index contributed by atoms with van der Waals surface area (Å²) in [6, 6.07) is 9.16. The molecule has 0 atom stereocenters. The summed E-state index contributed by atoms with van der Waals surface area (Å²) >= 11 is 0. The fourth-order valence-electron chi connectivity index (χ4n) is 1.35. The van der Waals surface area contributed by atoms with E-state index >= 15 is 0 Å². The minimum absolute atomic E-state index is 0.238. The molecule has 15 heavy (non-hydrogen) atoms. The minimum Gasteiger partial charge on any atom is -0.503 e. The van der Waals surface area contributed by atoms with Gasteiger partial charge in [-0.15, -0.1) is 0 Å². The third-order valence-corrected chi connectivity index (χ3v) is 2.23. The van der Waals surface area contributed by atoms with Crippen molar-refractivity contribution in [3.05, 3.63) is 58.5 Å². The third kappa shape index (κ3) is 1.91. The van der Waals surface area contributed by atoms with Crippen LogP contribution >= 0.6 is 0 Å². The van der Waals surface area contributed by atoms with Gasteiger partial charge in [-0.3, -0.25) is 4.79 Å². The standard InChI is InChI=1S/C12H11NO2/c1-9-2-4-10(5-3-9)13-7-6-11(14)12(15)8-13/h2-8,15H,1H3. The Labute approximate surface area is 87.2 Å². The minimum atomic E-state index is -0.363. The lowest BCUT2D eigenvalue weighted by Gasteiger charge is -2.06. The second kappa shape index (κ2) is 3.61. The van der Waals surface area contributed by atoms with E-state index in [0.717, 1.165) is 5.69 Å². The molecule has 0 aliphatic heterocycles. The van der Waals surface area contributed by atoms with Crippen LogP contribution in [0.2, 0.25) is 0 Å². The molecule has 2 rings (SSSR count). The van der Waals surface area contributed by atoms with Crippen molar-refractivity contribution in [1.82, 2.24) is 4.57 Å². The number of pyridine rings is 1. The van der Waals surface area contributed by atoms with Crippen LogP contribution < -0.4 is 5.43 Å². The molecule has 0 radical (unpaired) electrons. The maximum Gasteiger partial charge on any atom is 0.223 e. The molecule has 0 bridgehead atoms. The highest BCUT2D eigenvalue weighted by Crippen LogP contribution is 2.10. The molecule has 0 saturated carbocycles. The predicted octanol–water partition coefficient (Wildman–Crippen LogP) is 1.85. The lowest BCUT2D eigenvalue weighted by molar-refractivity contribution is 0.465. The number of aryl methyl sites for hydroxylation is 1. The molecule has 1 aromatic heterocycles. The molecule has 0 saturated heterocycles. The second-order valence-corrected chi connectivity index (χ2v) is 3.44. The average Bonchev–Trinajstić information content (AvgIpc) is 2.23. The van der Waals surface area contributed by atoms with E-state index in [1.54, 1.807) is 10.8 Å². The Balaban J connectivity index is 2.50. The van der Waals surface area contributed by atoms with Gasteiger partial charge >= 0.3 is 0 Å². The van der Waals surface area contributed by atoms with E-state index in [9.17, 15) is 9.90 Å². The van der Waals surface area contributed by atoms with Gasteiger partial charge in [-0.2, -0.15) is 0 Å². The molecular weight excluding hydrogens is 190 g/mol. The number of aromatic hydroxyl groups is 1. The Morgan fingerprint density at radius 3 is 2.40 bits per heavy atom. The van der Waals surface area contributed by atoms with Crippen molar-refractivity contribution in [2.24, 2.45) is 0 Å². The van der Waals surface area contributed by atoms with E-state index < -0.39 is 0 Å². The molecule has 0 aliphatic carbocycles. The van der Waals surface area contributed by atoms with Gasteiger partial charge < -0.3 is 9.67 Å². The van der Waals surface area contributed by atoms with Gasteiger partial charge in [0.2, 0.25) is 5.43 Å². The summed E-state index contributed by atoms with van der Waals surface area (Å²) in [6.07, 6.45) is 3.04. The topological polar surface area (TPSA) is 42.2 Å². The summed E-state index contributed by atoms with van der Waals surface area (Å²) < 4.78 is 1.70. The summed E-state index contributed by atoms with van der Waals surface area (Å²) in [7, 11) is 0. The highest BCUT2D eigenvalue weighted by atomic mass is 16.3. The van der Waals surface area contributed by atoms with Crippen molar-refractivity contribution in [2.75, 3.05) is 0 Å². The molecule has 3 heteroatoms. The van der Waals surface area contributed by atoms with E-state index in [-0.39, 0.29) is 11.2 Å². The van der Waals surface area contributed by atoms with Crippen LogP contribution in [0.1, 0.15) is 5.56 Å². The Kier molecular flexibility index (Phi) is 2.29. The first kappa shape index (κ1) is 9.52. The number of hydrogen-bond acceptors (Lipinski definition) is 2. The zero-order chi connectivity index (χ0) is 10.8. The largest absolute Gasteiger partial charge is 0.503 e. The number of aromatic nitrogens is 1. The van der Waals surface area contributed by atoms with Gasteiger partial charge in [0.25, 0.3) is 0 Å². The van der Waals surface area contributed by atoms with Crippen LogP contribution in [0.15, 0.2) is 47.5 Å². The number of rotatable bonds is 1. The van der Waals surface area contributed by atoms with Crippen LogP contribution in [0, 0.1) is 6.92 Å². The van der Waals surface area contributed by atoms with Crippen LogP contribution in [-0.2, 0) is 0 Å². The quantitative estimate of drug-likeness (QED) is 0.765. The summed E-state index contributed by atoms with van der Waals surface area (Å²) in [5.74, 6) is -0.238. The number of nitrogens with zero attached hydrogens (tertiary/aromatic N) is 1. The Hall–Kier alpha value is -2.03. The molecule has 1 heterocycles. The third-order valence-electron chi connectivity index (χ3n) is 2.23. The zero-order valence-electron chi connectivity index (χ0n) is 8.34. The highest BCUT2D eigenvalue weighted by Gasteiger charge is 1.98. The van der Waals surface area contributed by atoms with E-state index in [1.807, 2.05) is 31.2 Å². The lowest BCUT2D eigenvalue weighted by atomic mass is 10.2. The van der Waals surface area contributed by atoms with Crippen molar-refractivity contribution in [3.8, 4) is 11.4 Å². The summed E-state index contributed by atoms with van der Waals surface area (Å²) in [5.41, 5.74) is 1.72. The fraction of sp³-hybridized carbons (Fsp3) is 0.0833. The van der Waals surface area contributed by atoms with Crippen molar-refractivity contribution in [1.29, 1.82) is 0 Å². The van der Waals surface area contributed by atoms with E-state index in [2.05, 4.69) is 0 Å². The number of benzene rings is 1. The molecule has 0 aliphatic rings.